The van der Waals surface area contributed by atoms with Crippen LogP contribution in [0.3, 0.4) is 0 Å². The molecule has 0 N–H and O–H groups in total. The Balaban J connectivity index is 1.33. The zero-order chi connectivity index (χ0) is 27.6. The highest BCUT2D eigenvalue weighted by molar-refractivity contribution is 6.30. The molecule has 3 aromatic carbocycles. The summed E-state index contributed by atoms with van der Waals surface area (Å²) in [6.07, 6.45) is -0.212. The molecular weight excluding hydrogens is 520 g/mol. The Morgan fingerprint density at radius 1 is 0.897 bits per heavy atom. The third-order valence-corrected chi connectivity index (χ3v) is 6.87. The molecule has 206 valence electrons. The topological polar surface area (TPSA) is 77.5 Å². The summed E-state index contributed by atoms with van der Waals surface area (Å²) < 4.78 is 22.2. The first-order valence-corrected chi connectivity index (χ1v) is 13.1. The molecule has 39 heavy (non-hydrogen) atoms. The van der Waals surface area contributed by atoms with Gasteiger partial charge in [-0.1, -0.05) is 35.9 Å². The number of ether oxygens (including phenoxy) is 4. The van der Waals surface area contributed by atoms with Crippen LogP contribution in [-0.4, -0.2) is 75.2 Å². The van der Waals surface area contributed by atoms with Crippen LogP contribution in [0.5, 0.6) is 11.5 Å². The average molecular weight is 553 g/mol. The molecule has 1 aliphatic heterocycles. The van der Waals surface area contributed by atoms with Gasteiger partial charge in [0.25, 0.3) is 5.91 Å². The molecule has 1 fully saturated rings. The first kappa shape index (κ1) is 28.4. The van der Waals surface area contributed by atoms with Crippen molar-refractivity contribution in [2.45, 2.75) is 12.7 Å². The molecule has 4 rings (SSSR count). The van der Waals surface area contributed by atoms with E-state index in [4.69, 9.17) is 30.5 Å². The minimum atomic E-state index is -0.370. The lowest BCUT2D eigenvalue weighted by Crippen LogP contribution is -2.50. The highest BCUT2D eigenvalue weighted by Crippen LogP contribution is 2.25. The number of hydrogen-bond acceptors (Lipinski definition) is 7. The highest BCUT2D eigenvalue weighted by Gasteiger charge is 2.25. The third kappa shape index (κ3) is 8.20. The van der Waals surface area contributed by atoms with Gasteiger partial charge in [-0.15, -0.1) is 0 Å². The molecular formula is C30H33ClN2O6. The summed E-state index contributed by atoms with van der Waals surface area (Å²) >= 11 is 5.91. The monoisotopic (exact) mass is 552 g/mol. The summed E-state index contributed by atoms with van der Waals surface area (Å²) in [5, 5.41) is 0.623. The van der Waals surface area contributed by atoms with Crippen molar-refractivity contribution in [3.05, 3.63) is 94.5 Å². The number of nitrogens with zero attached hydrogens (tertiary/aromatic N) is 2. The molecule has 1 unspecified atom stereocenters. The molecule has 0 bridgehead atoms. The van der Waals surface area contributed by atoms with E-state index < -0.39 is 0 Å². The Hall–Kier alpha value is -3.59. The van der Waals surface area contributed by atoms with Gasteiger partial charge in [-0.2, -0.15) is 0 Å². The molecule has 3 aromatic rings. The quantitative estimate of drug-likeness (QED) is 0.321. The minimum Gasteiger partial charge on any atom is -0.497 e. The van der Waals surface area contributed by atoms with Crippen molar-refractivity contribution in [2.75, 3.05) is 53.6 Å². The van der Waals surface area contributed by atoms with E-state index in [1.165, 1.54) is 7.11 Å². The largest absolute Gasteiger partial charge is 0.497 e. The molecule has 0 spiro atoms. The van der Waals surface area contributed by atoms with Crippen LogP contribution >= 0.6 is 11.6 Å². The van der Waals surface area contributed by atoms with E-state index in [2.05, 4.69) is 4.90 Å². The predicted molar refractivity (Wildman–Crippen MR) is 148 cm³/mol. The fourth-order valence-corrected chi connectivity index (χ4v) is 4.46. The predicted octanol–water partition coefficient (Wildman–Crippen LogP) is 4.62. The van der Waals surface area contributed by atoms with Crippen molar-refractivity contribution >= 4 is 23.5 Å². The first-order chi connectivity index (χ1) is 18.9. The number of carbonyl (C=O) groups excluding carboxylic acids is 2. The van der Waals surface area contributed by atoms with Crippen LogP contribution in [0.25, 0.3) is 0 Å². The van der Waals surface area contributed by atoms with E-state index in [-0.39, 0.29) is 24.6 Å². The van der Waals surface area contributed by atoms with Crippen LogP contribution in [0.15, 0.2) is 72.8 Å². The molecule has 1 aliphatic rings. The molecule has 0 radical (unpaired) electrons. The van der Waals surface area contributed by atoms with Gasteiger partial charge in [0.2, 0.25) is 0 Å². The molecule has 1 heterocycles. The van der Waals surface area contributed by atoms with E-state index in [0.29, 0.717) is 42.6 Å². The Bertz CT molecular complexity index is 1230. The maximum absolute atomic E-state index is 12.7. The Morgan fingerprint density at radius 2 is 1.62 bits per heavy atom. The van der Waals surface area contributed by atoms with Gasteiger partial charge in [0, 0.05) is 37.7 Å². The fourth-order valence-electron chi connectivity index (χ4n) is 4.33. The number of hydrogen-bond donors (Lipinski definition) is 0. The van der Waals surface area contributed by atoms with Gasteiger partial charge < -0.3 is 23.8 Å². The van der Waals surface area contributed by atoms with Crippen LogP contribution in [0, 0.1) is 0 Å². The summed E-state index contributed by atoms with van der Waals surface area (Å²) in [5.41, 5.74) is 2.46. The summed E-state index contributed by atoms with van der Waals surface area (Å²) in [6.45, 7) is 3.71. The second kappa shape index (κ2) is 14.0. The van der Waals surface area contributed by atoms with Gasteiger partial charge >= 0.3 is 5.97 Å². The molecule has 0 saturated carbocycles. The van der Waals surface area contributed by atoms with Gasteiger partial charge in [0.15, 0.2) is 6.61 Å². The number of methoxy groups -OCH3 is 2. The third-order valence-electron chi connectivity index (χ3n) is 6.62. The number of piperazine rings is 1. The van der Waals surface area contributed by atoms with Crippen LogP contribution < -0.4 is 9.47 Å². The van der Waals surface area contributed by atoms with Crippen molar-refractivity contribution in [1.29, 1.82) is 0 Å². The van der Waals surface area contributed by atoms with Crippen molar-refractivity contribution in [1.82, 2.24) is 9.80 Å². The number of rotatable bonds is 11. The maximum atomic E-state index is 12.7. The maximum Gasteiger partial charge on any atom is 0.337 e. The summed E-state index contributed by atoms with van der Waals surface area (Å²) in [7, 11) is 3.01. The van der Waals surface area contributed by atoms with Crippen molar-refractivity contribution in [3.8, 4) is 11.5 Å². The van der Waals surface area contributed by atoms with Gasteiger partial charge in [0.05, 0.1) is 32.5 Å². The van der Waals surface area contributed by atoms with Crippen molar-refractivity contribution in [3.63, 3.8) is 0 Å². The number of amides is 1. The fraction of sp³-hybridized carbons (Fsp3) is 0.333. The lowest BCUT2D eigenvalue weighted by Gasteiger charge is -2.36. The van der Waals surface area contributed by atoms with E-state index in [1.54, 1.807) is 43.5 Å². The number of esters is 1. The van der Waals surface area contributed by atoms with Crippen LogP contribution in [0.4, 0.5) is 0 Å². The second-order valence-electron chi connectivity index (χ2n) is 9.19. The molecule has 0 aliphatic carbocycles. The lowest BCUT2D eigenvalue weighted by atomic mass is 10.1. The number of halogens is 1. The average Bonchev–Trinajstić information content (AvgIpc) is 2.99. The Labute approximate surface area is 234 Å². The molecule has 1 saturated heterocycles. The van der Waals surface area contributed by atoms with E-state index in [1.807, 2.05) is 41.3 Å². The normalized spacial score (nSPS) is 14.5. The molecule has 8 nitrogen and oxygen atoms in total. The Morgan fingerprint density at radius 3 is 2.28 bits per heavy atom. The summed E-state index contributed by atoms with van der Waals surface area (Å²) in [5.74, 6) is 0.968. The van der Waals surface area contributed by atoms with Gasteiger partial charge in [-0.25, -0.2) is 4.79 Å². The molecule has 1 atom stereocenters. The van der Waals surface area contributed by atoms with Crippen LogP contribution in [0.2, 0.25) is 5.02 Å². The van der Waals surface area contributed by atoms with E-state index in [0.717, 1.165) is 30.0 Å². The van der Waals surface area contributed by atoms with Crippen LogP contribution in [0.1, 0.15) is 27.6 Å². The van der Waals surface area contributed by atoms with E-state index in [9.17, 15) is 9.59 Å². The SMILES string of the molecule is COC(=O)c1ccc(COC(CN2CCN(C(=O)COc3ccc(Cl)cc3)CC2)c2cccc(OC)c2)cc1. The standard InChI is InChI=1S/C30H33ClN2O6/c1-36-27-5-3-4-24(18-27)28(39-20-22-6-8-23(9-7-22)30(35)37-2)19-32-14-16-33(17-15-32)29(34)21-38-26-12-10-25(31)11-13-26/h3-13,18,28H,14-17,19-21H2,1-2H3. The summed E-state index contributed by atoms with van der Waals surface area (Å²) in [4.78, 5) is 28.6. The van der Waals surface area contributed by atoms with Gasteiger partial charge in [-0.3, -0.25) is 9.69 Å². The Kier molecular flexibility index (Phi) is 10.2. The summed E-state index contributed by atoms with van der Waals surface area (Å²) in [6, 6.07) is 22.0. The van der Waals surface area contributed by atoms with E-state index >= 15 is 0 Å². The lowest BCUT2D eigenvalue weighted by molar-refractivity contribution is -0.135. The molecule has 1 amide bonds. The van der Waals surface area contributed by atoms with Crippen LogP contribution in [-0.2, 0) is 20.9 Å². The zero-order valence-electron chi connectivity index (χ0n) is 22.2. The second-order valence-corrected chi connectivity index (χ2v) is 9.63. The molecule has 9 heteroatoms. The highest BCUT2D eigenvalue weighted by atomic mass is 35.5. The van der Waals surface area contributed by atoms with Crippen molar-refractivity contribution < 1.29 is 28.5 Å². The van der Waals surface area contributed by atoms with Gasteiger partial charge in [-0.05, 0) is 59.7 Å². The smallest absolute Gasteiger partial charge is 0.337 e. The number of carbonyl (C=O) groups is 2. The molecule has 0 aromatic heterocycles. The van der Waals surface area contributed by atoms with Crippen molar-refractivity contribution in [2.24, 2.45) is 0 Å². The number of benzene rings is 3. The minimum absolute atomic E-state index is 0.00799. The first-order valence-electron chi connectivity index (χ1n) is 12.8. The zero-order valence-corrected chi connectivity index (χ0v) is 22.9. The van der Waals surface area contributed by atoms with Gasteiger partial charge in [0.1, 0.15) is 11.5 Å².